The van der Waals surface area contributed by atoms with Gasteiger partial charge in [0.2, 0.25) is 0 Å². The van der Waals surface area contributed by atoms with E-state index < -0.39 is 0 Å². The third-order valence-corrected chi connectivity index (χ3v) is 3.27. The second-order valence-electron chi connectivity index (χ2n) is 4.61. The second-order valence-corrected chi connectivity index (χ2v) is 4.61. The average Bonchev–Trinajstić information content (AvgIpc) is 2.40. The van der Waals surface area contributed by atoms with Crippen LogP contribution in [-0.4, -0.2) is 55.1 Å². The van der Waals surface area contributed by atoms with E-state index in [0.29, 0.717) is 11.4 Å². The summed E-state index contributed by atoms with van der Waals surface area (Å²) < 4.78 is 0. The maximum Gasteiger partial charge on any atom is 0.316 e. The van der Waals surface area contributed by atoms with Crippen molar-refractivity contribution in [2.45, 2.75) is 0 Å². The molecule has 0 unspecified atom stereocenters. The number of hydrogen-bond donors (Lipinski definition) is 2. The predicted molar refractivity (Wildman–Crippen MR) is 75.3 cm³/mol. The van der Waals surface area contributed by atoms with Gasteiger partial charge in [-0.1, -0.05) is 6.07 Å². The van der Waals surface area contributed by atoms with Gasteiger partial charge in [-0.3, -0.25) is 10.1 Å². The number of nitrogens with one attached hydrogen (secondary N) is 2. The van der Waals surface area contributed by atoms with Crippen molar-refractivity contribution in [2.24, 2.45) is 0 Å². The summed E-state index contributed by atoms with van der Waals surface area (Å²) in [4.78, 5) is 13.1. The number of likely N-dealkylation sites (N-methyl/N-ethyl adjacent to an activating group) is 1. The molecule has 0 aromatic heterocycles. The first-order valence-electron chi connectivity index (χ1n) is 6.27. The van der Waals surface area contributed by atoms with Crippen molar-refractivity contribution in [1.29, 1.82) is 0 Å². The van der Waals surface area contributed by atoms with Crippen molar-refractivity contribution in [2.75, 3.05) is 51.0 Å². The second kappa shape index (κ2) is 5.85. The number of para-hydroxylation sites is 1. The summed E-state index contributed by atoms with van der Waals surface area (Å²) in [6.45, 7) is 3.59. The normalized spacial score (nSPS) is 17.2. The van der Waals surface area contributed by atoms with Crippen LogP contribution in [0.5, 0.6) is 0 Å². The fourth-order valence-electron chi connectivity index (χ4n) is 2.12. The molecule has 0 spiro atoms. The number of hydrogen-bond acceptors (Lipinski definition) is 6. The zero-order valence-electron chi connectivity index (χ0n) is 11.2. The summed E-state index contributed by atoms with van der Waals surface area (Å²) in [6, 6.07) is 5.24. The first-order valence-corrected chi connectivity index (χ1v) is 6.27. The van der Waals surface area contributed by atoms with Gasteiger partial charge >= 0.3 is 5.69 Å². The molecule has 7 nitrogen and oxygen atoms in total. The highest BCUT2D eigenvalue weighted by molar-refractivity contribution is 5.75. The van der Waals surface area contributed by atoms with Gasteiger partial charge in [0.15, 0.2) is 0 Å². The highest BCUT2D eigenvalue weighted by Gasteiger charge is 2.21. The lowest BCUT2D eigenvalue weighted by Crippen LogP contribution is -2.47. The summed E-state index contributed by atoms with van der Waals surface area (Å²) in [5.41, 5.74) is 4.28. The fourth-order valence-corrected chi connectivity index (χ4v) is 2.12. The van der Waals surface area contributed by atoms with Gasteiger partial charge < -0.3 is 15.6 Å². The van der Waals surface area contributed by atoms with Crippen molar-refractivity contribution in [3.63, 3.8) is 0 Å². The third-order valence-electron chi connectivity index (χ3n) is 3.27. The lowest BCUT2D eigenvalue weighted by molar-refractivity contribution is -0.383. The molecular formula is C12H19N5O2. The molecule has 2 rings (SSSR count). The molecule has 1 heterocycles. The maximum absolute atomic E-state index is 11.2. The molecule has 0 bridgehead atoms. The van der Waals surface area contributed by atoms with Gasteiger partial charge in [-0.2, -0.15) is 0 Å². The largest absolute Gasteiger partial charge is 0.382 e. The van der Waals surface area contributed by atoms with Crippen LogP contribution >= 0.6 is 0 Å². The summed E-state index contributed by atoms with van der Waals surface area (Å²) in [5.74, 6) is 0. The van der Waals surface area contributed by atoms with E-state index in [9.17, 15) is 10.1 Å². The van der Waals surface area contributed by atoms with Crippen molar-refractivity contribution >= 4 is 17.1 Å². The Balaban J connectivity index is 2.17. The van der Waals surface area contributed by atoms with Crippen LogP contribution in [0.1, 0.15) is 0 Å². The van der Waals surface area contributed by atoms with Gasteiger partial charge in [-0.15, -0.1) is 0 Å². The Bertz CT molecular complexity index is 457. The molecule has 104 valence electrons. The number of rotatable bonds is 4. The molecule has 19 heavy (non-hydrogen) atoms. The van der Waals surface area contributed by atoms with Crippen LogP contribution in [0.15, 0.2) is 18.2 Å². The van der Waals surface area contributed by atoms with Gasteiger partial charge in [0, 0.05) is 33.2 Å². The first kappa shape index (κ1) is 13.6. The molecule has 0 amide bonds. The molecule has 2 N–H and O–H groups in total. The average molecular weight is 265 g/mol. The van der Waals surface area contributed by atoms with Gasteiger partial charge in [-0.25, -0.2) is 5.01 Å². The Morgan fingerprint density at radius 1 is 1.21 bits per heavy atom. The Labute approximate surface area is 112 Å². The van der Waals surface area contributed by atoms with Crippen LogP contribution in [0.25, 0.3) is 0 Å². The number of hydrazine groups is 1. The minimum Gasteiger partial charge on any atom is -0.382 e. The number of nitro groups is 1. The van der Waals surface area contributed by atoms with E-state index in [2.05, 4.69) is 22.7 Å². The molecule has 0 radical (unpaired) electrons. The van der Waals surface area contributed by atoms with Crippen LogP contribution in [0, 0.1) is 10.1 Å². The van der Waals surface area contributed by atoms with E-state index in [-0.39, 0.29) is 10.6 Å². The van der Waals surface area contributed by atoms with E-state index in [4.69, 9.17) is 0 Å². The lowest BCUT2D eigenvalue weighted by atomic mass is 10.2. The van der Waals surface area contributed by atoms with E-state index >= 15 is 0 Å². The Hall–Kier alpha value is -1.86. The summed E-state index contributed by atoms with van der Waals surface area (Å²) in [6.07, 6.45) is 0. The van der Waals surface area contributed by atoms with Crippen LogP contribution < -0.4 is 10.7 Å². The van der Waals surface area contributed by atoms with Gasteiger partial charge in [-0.05, 0) is 19.2 Å². The van der Waals surface area contributed by atoms with Crippen molar-refractivity contribution in [3.8, 4) is 0 Å². The van der Waals surface area contributed by atoms with Crippen LogP contribution in [0.2, 0.25) is 0 Å². The van der Waals surface area contributed by atoms with Crippen molar-refractivity contribution in [3.05, 3.63) is 28.3 Å². The maximum atomic E-state index is 11.2. The molecule has 1 saturated heterocycles. The van der Waals surface area contributed by atoms with E-state index in [1.54, 1.807) is 25.2 Å². The van der Waals surface area contributed by atoms with Gasteiger partial charge in [0.1, 0.15) is 11.4 Å². The molecule has 0 saturated carbocycles. The smallest absolute Gasteiger partial charge is 0.316 e. The molecule has 1 aliphatic rings. The van der Waals surface area contributed by atoms with E-state index in [1.165, 1.54) is 0 Å². The van der Waals surface area contributed by atoms with E-state index in [0.717, 1.165) is 26.2 Å². The number of anilines is 2. The number of nitrogens with zero attached hydrogens (tertiary/aromatic N) is 3. The van der Waals surface area contributed by atoms with E-state index in [1.807, 2.05) is 5.01 Å². The summed E-state index contributed by atoms with van der Waals surface area (Å²) in [7, 11) is 3.75. The Morgan fingerprint density at radius 2 is 1.84 bits per heavy atom. The van der Waals surface area contributed by atoms with Gasteiger partial charge in [0.05, 0.1) is 4.92 Å². The minimum atomic E-state index is -0.357. The number of piperazine rings is 1. The molecule has 0 aliphatic carbocycles. The zero-order chi connectivity index (χ0) is 13.8. The monoisotopic (exact) mass is 265 g/mol. The SMILES string of the molecule is CNc1cccc(NN2CCN(C)CC2)c1[N+](=O)[O-]. The lowest BCUT2D eigenvalue weighted by Gasteiger charge is -2.32. The molecule has 7 heteroatoms. The summed E-state index contributed by atoms with van der Waals surface area (Å²) >= 11 is 0. The third kappa shape index (κ3) is 3.12. The Kier molecular flexibility index (Phi) is 4.18. The highest BCUT2D eigenvalue weighted by atomic mass is 16.6. The predicted octanol–water partition coefficient (Wildman–Crippen LogP) is 1.21. The minimum absolute atomic E-state index is 0.0870. The molecular weight excluding hydrogens is 246 g/mol. The van der Waals surface area contributed by atoms with Crippen LogP contribution in [-0.2, 0) is 0 Å². The van der Waals surface area contributed by atoms with Crippen molar-refractivity contribution < 1.29 is 4.92 Å². The van der Waals surface area contributed by atoms with Crippen LogP contribution in [0.4, 0.5) is 17.1 Å². The number of benzene rings is 1. The topological polar surface area (TPSA) is 73.7 Å². The van der Waals surface area contributed by atoms with Crippen LogP contribution in [0.3, 0.4) is 0 Å². The Morgan fingerprint density at radius 3 is 2.42 bits per heavy atom. The molecule has 1 fully saturated rings. The number of nitro benzene ring substituents is 1. The van der Waals surface area contributed by atoms with Crippen molar-refractivity contribution in [1.82, 2.24) is 9.91 Å². The summed E-state index contributed by atoms with van der Waals surface area (Å²) in [5, 5.41) is 16.1. The molecule has 1 aliphatic heterocycles. The zero-order valence-corrected chi connectivity index (χ0v) is 11.2. The highest BCUT2D eigenvalue weighted by Crippen LogP contribution is 2.32. The first-order chi connectivity index (χ1) is 9.11. The fraction of sp³-hybridized carbons (Fsp3) is 0.500. The quantitative estimate of drug-likeness (QED) is 0.629. The standard InChI is InChI=1S/C12H19N5O2/c1-13-10-4-3-5-11(12(10)17(18)19)14-16-8-6-15(2)7-9-16/h3-5,13-14H,6-9H2,1-2H3. The van der Waals surface area contributed by atoms with Gasteiger partial charge in [0.25, 0.3) is 0 Å². The molecule has 1 aromatic rings. The molecule has 0 atom stereocenters. The molecule has 1 aromatic carbocycles.